The van der Waals surface area contributed by atoms with Gasteiger partial charge in [-0.25, -0.2) is 4.98 Å². The van der Waals surface area contributed by atoms with Gasteiger partial charge in [0.25, 0.3) is 5.56 Å². The fraction of sp³-hybridized carbons (Fsp3) is 0.0556. The number of aryl methyl sites for hydroxylation is 1. The highest BCUT2D eigenvalue weighted by Crippen LogP contribution is 2.36. The number of thiophene rings is 1. The molecule has 4 nitrogen and oxygen atoms in total. The zero-order valence-corrected chi connectivity index (χ0v) is 14.3. The van der Waals surface area contributed by atoms with Gasteiger partial charge in [-0.15, -0.1) is 11.3 Å². The normalized spacial score (nSPS) is 11.1. The Bertz CT molecular complexity index is 1090. The molecular formula is C18H12ClN3OS. The predicted molar refractivity (Wildman–Crippen MR) is 98.7 cm³/mol. The number of nitrogens with one attached hydrogen (secondary N) is 1. The van der Waals surface area contributed by atoms with E-state index >= 15 is 0 Å². The molecule has 0 aliphatic rings. The number of rotatable bonds is 2. The van der Waals surface area contributed by atoms with E-state index in [-0.39, 0.29) is 5.56 Å². The van der Waals surface area contributed by atoms with E-state index in [0.717, 1.165) is 26.4 Å². The molecule has 0 saturated heterocycles. The lowest BCUT2D eigenvalue weighted by Crippen LogP contribution is -2.09. The molecule has 0 bridgehead atoms. The average Bonchev–Trinajstić information content (AvgIpc) is 2.93. The molecule has 3 heterocycles. The Hall–Kier alpha value is -2.50. The Labute approximate surface area is 146 Å². The summed E-state index contributed by atoms with van der Waals surface area (Å²) < 4.78 is 0. The molecule has 0 amide bonds. The first-order chi connectivity index (χ1) is 11.6. The van der Waals surface area contributed by atoms with Crippen LogP contribution in [0.2, 0.25) is 5.02 Å². The summed E-state index contributed by atoms with van der Waals surface area (Å²) in [5, 5.41) is 1.29. The number of halogens is 1. The third-order valence-electron chi connectivity index (χ3n) is 3.81. The van der Waals surface area contributed by atoms with Crippen molar-refractivity contribution in [3.63, 3.8) is 0 Å². The van der Waals surface area contributed by atoms with E-state index in [0.29, 0.717) is 16.2 Å². The first-order valence-corrected chi connectivity index (χ1v) is 8.52. The van der Waals surface area contributed by atoms with Gasteiger partial charge >= 0.3 is 0 Å². The van der Waals surface area contributed by atoms with E-state index in [2.05, 4.69) is 15.0 Å². The lowest BCUT2D eigenvalue weighted by molar-refractivity contribution is 1.17. The number of hydrogen-bond donors (Lipinski definition) is 1. The molecule has 6 heteroatoms. The quantitative estimate of drug-likeness (QED) is 0.569. The largest absolute Gasteiger partial charge is 0.306 e. The number of hydrogen-bond acceptors (Lipinski definition) is 4. The van der Waals surface area contributed by atoms with Crippen molar-refractivity contribution in [2.24, 2.45) is 0 Å². The number of fused-ring (bicyclic) bond motifs is 1. The minimum absolute atomic E-state index is 0.145. The predicted octanol–water partition coefficient (Wildman–Crippen LogP) is 4.68. The molecule has 0 radical (unpaired) electrons. The van der Waals surface area contributed by atoms with E-state index in [9.17, 15) is 4.79 Å². The van der Waals surface area contributed by atoms with Crippen LogP contribution in [0.3, 0.4) is 0 Å². The molecule has 0 aliphatic carbocycles. The number of nitrogens with zero attached hydrogens (tertiary/aromatic N) is 2. The first kappa shape index (κ1) is 15.1. The van der Waals surface area contributed by atoms with E-state index in [1.165, 1.54) is 11.3 Å². The Kier molecular flexibility index (Phi) is 3.67. The number of benzene rings is 1. The topological polar surface area (TPSA) is 58.6 Å². The van der Waals surface area contributed by atoms with Crippen LogP contribution in [0.5, 0.6) is 0 Å². The van der Waals surface area contributed by atoms with Crippen LogP contribution in [-0.2, 0) is 0 Å². The molecule has 0 fully saturated rings. The van der Waals surface area contributed by atoms with Crippen molar-refractivity contribution in [2.45, 2.75) is 6.92 Å². The second-order valence-electron chi connectivity index (χ2n) is 5.38. The molecule has 4 aromatic rings. The summed E-state index contributed by atoms with van der Waals surface area (Å²) in [7, 11) is 0. The maximum Gasteiger partial charge on any atom is 0.260 e. The highest BCUT2D eigenvalue weighted by atomic mass is 35.5. The van der Waals surface area contributed by atoms with E-state index in [1.54, 1.807) is 12.4 Å². The number of pyridine rings is 1. The molecule has 0 saturated carbocycles. The standard InChI is InChI=1S/C18H12ClN3OS/c1-10-14(11-4-6-13(19)7-5-11)15-17(23)21-16(22-18(15)24-10)12-3-2-8-20-9-12/h2-9H,1H3,(H,21,22,23). The van der Waals surface area contributed by atoms with Gasteiger partial charge in [-0.05, 0) is 36.8 Å². The second kappa shape index (κ2) is 5.85. The fourth-order valence-corrected chi connectivity index (χ4v) is 3.89. The Morgan fingerprint density at radius 3 is 2.62 bits per heavy atom. The molecule has 0 atom stereocenters. The smallest absolute Gasteiger partial charge is 0.260 e. The number of aromatic amines is 1. The van der Waals surface area contributed by atoms with Gasteiger partial charge in [0.1, 0.15) is 10.7 Å². The molecular weight excluding hydrogens is 342 g/mol. The minimum atomic E-state index is -0.145. The van der Waals surface area contributed by atoms with Crippen LogP contribution in [-0.4, -0.2) is 15.0 Å². The highest BCUT2D eigenvalue weighted by molar-refractivity contribution is 7.19. The summed E-state index contributed by atoms with van der Waals surface area (Å²) in [5.74, 6) is 0.532. The lowest BCUT2D eigenvalue weighted by atomic mass is 10.0. The zero-order chi connectivity index (χ0) is 16.7. The van der Waals surface area contributed by atoms with Gasteiger partial charge < -0.3 is 4.98 Å². The average molecular weight is 354 g/mol. The Morgan fingerprint density at radius 1 is 1.12 bits per heavy atom. The molecule has 0 unspecified atom stereocenters. The van der Waals surface area contributed by atoms with Crippen molar-refractivity contribution < 1.29 is 0 Å². The molecule has 4 rings (SSSR count). The summed E-state index contributed by atoms with van der Waals surface area (Å²) in [6, 6.07) is 11.2. The minimum Gasteiger partial charge on any atom is -0.306 e. The third kappa shape index (κ3) is 2.52. The summed E-state index contributed by atoms with van der Waals surface area (Å²) in [6.45, 7) is 2.00. The summed E-state index contributed by atoms with van der Waals surface area (Å²) in [5.41, 5.74) is 2.52. The molecule has 1 aromatic carbocycles. The van der Waals surface area contributed by atoms with E-state index < -0.39 is 0 Å². The van der Waals surface area contributed by atoms with Gasteiger partial charge in [0.2, 0.25) is 0 Å². The van der Waals surface area contributed by atoms with Crippen LogP contribution < -0.4 is 5.56 Å². The monoisotopic (exact) mass is 353 g/mol. The van der Waals surface area contributed by atoms with E-state index in [4.69, 9.17) is 11.6 Å². The first-order valence-electron chi connectivity index (χ1n) is 7.33. The van der Waals surface area contributed by atoms with Crippen molar-refractivity contribution in [1.82, 2.24) is 15.0 Å². The molecule has 1 N–H and O–H groups in total. The second-order valence-corrected chi connectivity index (χ2v) is 7.02. The van der Waals surface area contributed by atoms with Crippen molar-refractivity contribution in [3.05, 3.63) is 69.0 Å². The molecule has 0 spiro atoms. The van der Waals surface area contributed by atoms with Gasteiger partial charge in [-0.3, -0.25) is 9.78 Å². The molecule has 118 valence electrons. The SMILES string of the molecule is Cc1sc2nc(-c3cccnc3)[nH]c(=O)c2c1-c1ccc(Cl)cc1. The molecule has 3 aromatic heterocycles. The van der Waals surface area contributed by atoms with Gasteiger partial charge in [0.15, 0.2) is 0 Å². The summed E-state index contributed by atoms with van der Waals surface area (Å²) >= 11 is 7.48. The molecule has 0 aliphatic heterocycles. The van der Waals surface area contributed by atoms with Gasteiger partial charge in [-0.2, -0.15) is 0 Å². The maximum atomic E-state index is 12.7. The highest BCUT2D eigenvalue weighted by Gasteiger charge is 2.17. The van der Waals surface area contributed by atoms with Crippen LogP contribution in [0.4, 0.5) is 0 Å². The van der Waals surface area contributed by atoms with Crippen molar-refractivity contribution in [1.29, 1.82) is 0 Å². The van der Waals surface area contributed by atoms with E-state index in [1.807, 2.05) is 43.3 Å². The Balaban J connectivity index is 1.97. The maximum absolute atomic E-state index is 12.7. The van der Waals surface area contributed by atoms with Crippen LogP contribution in [0.1, 0.15) is 4.88 Å². The van der Waals surface area contributed by atoms with Gasteiger partial charge in [0.05, 0.1) is 5.39 Å². The van der Waals surface area contributed by atoms with Crippen molar-refractivity contribution >= 4 is 33.2 Å². The summed E-state index contributed by atoms with van der Waals surface area (Å²) in [6.07, 6.45) is 3.37. The van der Waals surface area contributed by atoms with Crippen LogP contribution in [0.15, 0.2) is 53.6 Å². The number of aromatic nitrogens is 3. The lowest BCUT2D eigenvalue weighted by Gasteiger charge is -2.03. The van der Waals surface area contributed by atoms with Crippen LogP contribution in [0.25, 0.3) is 32.7 Å². The van der Waals surface area contributed by atoms with Crippen LogP contribution >= 0.6 is 22.9 Å². The van der Waals surface area contributed by atoms with Crippen LogP contribution in [0, 0.1) is 6.92 Å². The van der Waals surface area contributed by atoms with Crippen molar-refractivity contribution in [2.75, 3.05) is 0 Å². The van der Waals surface area contributed by atoms with Gasteiger partial charge in [0, 0.05) is 33.4 Å². The summed E-state index contributed by atoms with van der Waals surface area (Å²) in [4.78, 5) is 26.1. The van der Waals surface area contributed by atoms with Gasteiger partial charge in [-0.1, -0.05) is 23.7 Å². The van der Waals surface area contributed by atoms with Crippen molar-refractivity contribution in [3.8, 4) is 22.5 Å². The zero-order valence-electron chi connectivity index (χ0n) is 12.7. The fourth-order valence-electron chi connectivity index (χ4n) is 2.72. The Morgan fingerprint density at radius 2 is 1.92 bits per heavy atom. The third-order valence-corrected chi connectivity index (χ3v) is 5.06. The molecule has 24 heavy (non-hydrogen) atoms. The number of H-pyrrole nitrogens is 1.